The van der Waals surface area contributed by atoms with Crippen LogP contribution in [-0.2, 0) is 0 Å². The number of halogens is 3. The number of hydrogen-bond donors (Lipinski definition) is 1. The largest absolute Gasteiger partial charge is 0.490 e. The van der Waals surface area contributed by atoms with Crippen molar-refractivity contribution >= 4 is 47.8 Å². The lowest BCUT2D eigenvalue weighted by molar-refractivity contribution is 0.276. The minimum absolute atomic E-state index is 0. The summed E-state index contributed by atoms with van der Waals surface area (Å²) in [6, 6.07) is 6.47. The molecular formula is C14H17Cl3N2OS. The second-order valence-electron chi connectivity index (χ2n) is 4.59. The number of rotatable bonds is 4. The summed E-state index contributed by atoms with van der Waals surface area (Å²) in [5.41, 5.74) is 0.938. The standard InChI is InChI=1S/C14H15ClN2OS.2ClH/c15-14-12(13-4-2-6-19-13)7-11(8-17-14)18-9-10-3-1-5-16-10;;/h2,4,6-8,10,16H,1,3,5,9H2;2*1H/t10-;;/m1../s1. The molecule has 1 aliphatic heterocycles. The highest BCUT2D eigenvalue weighted by Crippen LogP contribution is 2.32. The van der Waals surface area contributed by atoms with Crippen molar-refractivity contribution in [2.45, 2.75) is 18.9 Å². The van der Waals surface area contributed by atoms with Gasteiger partial charge < -0.3 is 10.1 Å². The van der Waals surface area contributed by atoms with Gasteiger partial charge in [-0.05, 0) is 36.9 Å². The zero-order chi connectivity index (χ0) is 13.1. The van der Waals surface area contributed by atoms with E-state index in [-0.39, 0.29) is 24.8 Å². The van der Waals surface area contributed by atoms with E-state index in [0.29, 0.717) is 17.8 Å². The van der Waals surface area contributed by atoms with Crippen LogP contribution in [-0.4, -0.2) is 24.2 Å². The van der Waals surface area contributed by atoms with Gasteiger partial charge in [0, 0.05) is 16.5 Å². The first-order valence-corrected chi connectivity index (χ1v) is 7.64. The molecule has 1 fully saturated rings. The van der Waals surface area contributed by atoms with Crippen LogP contribution in [0.25, 0.3) is 10.4 Å². The predicted molar refractivity (Wildman–Crippen MR) is 93.6 cm³/mol. The molecule has 2 aromatic heterocycles. The highest BCUT2D eigenvalue weighted by Gasteiger charge is 2.15. The van der Waals surface area contributed by atoms with Crippen LogP contribution in [0.2, 0.25) is 5.15 Å². The molecule has 0 spiro atoms. The fourth-order valence-electron chi connectivity index (χ4n) is 2.21. The van der Waals surface area contributed by atoms with E-state index in [1.807, 2.05) is 23.6 Å². The summed E-state index contributed by atoms with van der Waals surface area (Å²) < 4.78 is 5.80. The van der Waals surface area contributed by atoms with E-state index in [4.69, 9.17) is 16.3 Å². The zero-order valence-electron chi connectivity index (χ0n) is 11.3. The first-order chi connectivity index (χ1) is 9.33. The molecule has 1 aliphatic rings. The van der Waals surface area contributed by atoms with E-state index in [2.05, 4.69) is 10.3 Å². The Kier molecular flexibility index (Phi) is 7.77. The zero-order valence-corrected chi connectivity index (χ0v) is 14.5. The van der Waals surface area contributed by atoms with Crippen LogP contribution in [0.5, 0.6) is 5.75 Å². The highest BCUT2D eigenvalue weighted by molar-refractivity contribution is 7.13. The molecule has 2 aromatic rings. The molecule has 21 heavy (non-hydrogen) atoms. The quantitative estimate of drug-likeness (QED) is 0.811. The second-order valence-corrected chi connectivity index (χ2v) is 5.90. The Labute approximate surface area is 145 Å². The summed E-state index contributed by atoms with van der Waals surface area (Å²) in [5, 5.41) is 5.96. The fourth-order valence-corrected chi connectivity index (χ4v) is 3.21. The lowest BCUT2D eigenvalue weighted by atomic mass is 10.2. The van der Waals surface area contributed by atoms with Gasteiger partial charge >= 0.3 is 0 Å². The van der Waals surface area contributed by atoms with E-state index in [9.17, 15) is 0 Å². The van der Waals surface area contributed by atoms with E-state index in [1.54, 1.807) is 17.5 Å². The van der Waals surface area contributed by atoms with Gasteiger partial charge in [-0.25, -0.2) is 4.98 Å². The summed E-state index contributed by atoms with van der Waals surface area (Å²) in [5.74, 6) is 0.779. The monoisotopic (exact) mass is 366 g/mol. The van der Waals surface area contributed by atoms with Crippen LogP contribution in [0.4, 0.5) is 0 Å². The smallest absolute Gasteiger partial charge is 0.138 e. The normalized spacial score (nSPS) is 16.9. The van der Waals surface area contributed by atoms with Gasteiger partial charge in [-0.1, -0.05) is 17.7 Å². The maximum atomic E-state index is 6.14. The Morgan fingerprint density at radius 2 is 2.29 bits per heavy atom. The maximum absolute atomic E-state index is 6.14. The maximum Gasteiger partial charge on any atom is 0.138 e. The second kappa shape index (κ2) is 8.81. The summed E-state index contributed by atoms with van der Waals surface area (Å²) in [4.78, 5) is 5.32. The molecule has 3 rings (SSSR count). The summed E-state index contributed by atoms with van der Waals surface area (Å²) in [6.45, 7) is 1.78. The van der Waals surface area contributed by atoms with E-state index >= 15 is 0 Å². The molecule has 0 amide bonds. The van der Waals surface area contributed by atoms with Crippen molar-refractivity contribution in [1.29, 1.82) is 0 Å². The average molecular weight is 368 g/mol. The summed E-state index contributed by atoms with van der Waals surface area (Å²) in [6.07, 6.45) is 4.10. The molecule has 0 aromatic carbocycles. The van der Waals surface area contributed by atoms with Crippen molar-refractivity contribution < 1.29 is 4.74 Å². The van der Waals surface area contributed by atoms with Gasteiger partial charge in [-0.15, -0.1) is 36.2 Å². The topological polar surface area (TPSA) is 34.1 Å². The minimum Gasteiger partial charge on any atom is -0.490 e. The third-order valence-corrected chi connectivity index (χ3v) is 4.42. The van der Waals surface area contributed by atoms with Crippen molar-refractivity contribution in [3.05, 3.63) is 34.9 Å². The van der Waals surface area contributed by atoms with Gasteiger partial charge in [0.15, 0.2) is 0 Å². The molecule has 116 valence electrons. The molecule has 1 N–H and O–H groups in total. The van der Waals surface area contributed by atoms with Crippen LogP contribution in [0.3, 0.4) is 0 Å². The molecule has 0 radical (unpaired) electrons. The summed E-state index contributed by atoms with van der Waals surface area (Å²) >= 11 is 7.79. The van der Waals surface area contributed by atoms with Crippen LogP contribution in [0.1, 0.15) is 12.8 Å². The Morgan fingerprint density at radius 3 is 2.95 bits per heavy atom. The van der Waals surface area contributed by atoms with Crippen LogP contribution in [0, 0.1) is 0 Å². The molecular weight excluding hydrogens is 351 g/mol. The molecule has 1 saturated heterocycles. The highest BCUT2D eigenvalue weighted by atomic mass is 35.5. The molecule has 3 nitrogen and oxygen atoms in total. The van der Waals surface area contributed by atoms with Crippen molar-refractivity contribution in [2.24, 2.45) is 0 Å². The first-order valence-electron chi connectivity index (χ1n) is 6.38. The minimum atomic E-state index is 0. The molecule has 7 heteroatoms. The lowest BCUT2D eigenvalue weighted by Crippen LogP contribution is -2.28. The third kappa shape index (κ3) is 4.73. The number of pyridine rings is 1. The third-order valence-electron chi connectivity index (χ3n) is 3.21. The first kappa shape index (κ1) is 18.5. The van der Waals surface area contributed by atoms with Gasteiger partial charge in [0.25, 0.3) is 0 Å². The predicted octanol–water partition coefficient (Wildman–Crippen LogP) is 4.44. The van der Waals surface area contributed by atoms with Crippen molar-refractivity contribution in [1.82, 2.24) is 10.3 Å². The number of thiophene rings is 1. The summed E-state index contributed by atoms with van der Waals surface area (Å²) in [7, 11) is 0. The van der Waals surface area contributed by atoms with E-state index in [0.717, 1.165) is 22.7 Å². The molecule has 3 heterocycles. The van der Waals surface area contributed by atoms with Gasteiger partial charge in [0.05, 0.1) is 6.20 Å². The van der Waals surface area contributed by atoms with Gasteiger partial charge in [0.2, 0.25) is 0 Å². The van der Waals surface area contributed by atoms with Gasteiger partial charge in [0.1, 0.15) is 17.5 Å². The Hall–Kier alpha value is -0.520. The van der Waals surface area contributed by atoms with Gasteiger partial charge in [-0.2, -0.15) is 0 Å². The van der Waals surface area contributed by atoms with Crippen molar-refractivity contribution in [3.63, 3.8) is 0 Å². The van der Waals surface area contributed by atoms with E-state index < -0.39 is 0 Å². The van der Waals surface area contributed by atoms with E-state index in [1.165, 1.54) is 12.8 Å². The van der Waals surface area contributed by atoms with Crippen molar-refractivity contribution in [2.75, 3.05) is 13.2 Å². The number of hydrogen-bond acceptors (Lipinski definition) is 4. The molecule has 0 aliphatic carbocycles. The Morgan fingerprint density at radius 1 is 1.43 bits per heavy atom. The van der Waals surface area contributed by atoms with Crippen LogP contribution >= 0.6 is 47.8 Å². The number of nitrogens with zero attached hydrogens (tertiary/aromatic N) is 1. The Balaban J connectivity index is 0.00000110. The number of ether oxygens (including phenoxy) is 1. The molecule has 0 unspecified atom stereocenters. The SMILES string of the molecule is Cl.Cl.Clc1ncc(OC[C@H]2CCCN2)cc1-c1cccs1. The molecule has 0 bridgehead atoms. The van der Waals surface area contributed by atoms with Crippen molar-refractivity contribution in [3.8, 4) is 16.2 Å². The number of aromatic nitrogens is 1. The fraction of sp³-hybridized carbons (Fsp3) is 0.357. The van der Waals surface area contributed by atoms with Crippen LogP contribution in [0.15, 0.2) is 29.8 Å². The Bertz CT molecular complexity index is 545. The molecule has 1 atom stereocenters. The van der Waals surface area contributed by atoms with Gasteiger partial charge in [-0.3, -0.25) is 0 Å². The lowest BCUT2D eigenvalue weighted by Gasteiger charge is -2.12. The van der Waals surface area contributed by atoms with Crippen LogP contribution < -0.4 is 10.1 Å². The molecule has 0 saturated carbocycles. The number of nitrogens with one attached hydrogen (secondary N) is 1. The average Bonchev–Trinajstić information content (AvgIpc) is 3.11.